The van der Waals surface area contributed by atoms with Gasteiger partial charge in [0, 0.05) is 20.0 Å². The molecule has 2 rings (SSSR count). The summed E-state index contributed by atoms with van der Waals surface area (Å²) in [5, 5.41) is 2.89. The Morgan fingerprint density at radius 1 is 1.53 bits per heavy atom. The maximum atomic E-state index is 13.5. The fraction of sp³-hybridized carbons (Fsp3) is 0.417. The summed E-state index contributed by atoms with van der Waals surface area (Å²) < 4.78 is 18.6. The van der Waals surface area contributed by atoms with Crippen LogP contribution in [0.2, 0.25) is 0 Å². The highest BCUT2D eigenvalue weighted by molar-refractivity contribution is 5.89. The lowest BCUT2D eigenvalue weighted by Gasteiger charge is -2.45. The molecule has 1 saturated carbocycles. The largest absolute Gasteiger partial charge is 0.381 e. The third-order valence-electron chi connectivity index (χ3n) is 3.21. The van der Waals surface area contributed by atoms with E-state index in [2.05, 4.69) is 5.32 Å². The fourth-order valence-electron chi connectivity index (χ4n) is 2.07. The molecule has 5 heteroatoms. The van der Waals surface area contributed by atoms with Crippen LogP contribution in [0, 0.1) is 5.82 Å². The van der Waals surface area contributed by atoms with E-state index in [1.54, 1.807) is 25.3 Å². The summed E-state index contributed by atoms with van der Waals surface area (Å²) in [5.41, 5.74) is 4.77. The molecule has 1 fully saturated rings. The molecule has 3 N–H and O–H groups in total. The molecule has 0 bridgehead atoms. The molecule has 92 valence electrons. The molecule has 0 aromatic heterocycles. The molecular formula is C12H15FN2O2. The SMILES string of the molecule is COC1CC(Nc2ccccc2F)(C(N)=O)C1. The third-order valence-corrected chi connectivity index (χ3v) is 3.21. The van der Waals surface area contributed by atoms with E-state index >= 15 is 0 Å². The van der Waals surface area contributed by atoms with Crippen LogP contribution in [-0.4, -0.2) is 24.7 Å². The van der Waals surface area contributed by atoms with Gasteiger partial charge in [-0.05, 0) is 12.1 Å². The molecule has 4 nitrogen and oxygen atoms in total. The van der Waals surface area contributed by atoms with Crippen LogP contribution in [-0.2, 0) is 9.53 Å². The Balaban J connectivity index is 2.16. The number of benzene rings is 1. The van der Waals surface area contributed by atoms with Gasteiger partial charge in [-0.3, -0.25) is 4.79 Å². The van der Waals surface area contributed by atoms with Crippen molar-refractivity contribution in [3.63, 3.8) is 0 Å². The van der Waals surface area contributed by atoms with Crippen molar-refractivity contribution in [2.45, 2.75) is 24.5 Å². The maximum Gasteiger partial charge on any atom is 0.243 e. The molecule has 0 spiro atoms. The van der Waals surface area contributed by atoms with Crippen LogP contribution in [0.5, 0.6) is 0 Å². The van der Waals surface area contributed by atoms with Gasteiger partial charge in [0.1, 0.15) is 11.4 Å². The summed E-state index contributed by atoms with van der Waals surface area (Å²) >= 11 is 0. The molecule has 1 aromatic rings. The smallest absolute Gasteiger partial charge is 0.243 e. The molecule has 1 aromatic carbocycles. The summed E-state index contributed by atoms with van der Waals surface area (Å²) in [4.78, 5) is 11.5. The number of amides is 1. The van der Waals surface area contributed by atoms with Crippen LogP contribution < -0.4 is 11.1 Å². The van der Waals surface area contributed by atoms with Gasteiger partial charge < -0.3 is 15.8 Å². The van der Waals surface area contributed by atoms with Crippen molar-refractivity contribution in [1.29, 1.82) is 0 Å². The third kappa shape index (κ3) is 2.10. The normalized spacial score (nSPS) is 27.3. The molecule has 1 aliphatic rings. The number of hydrogen-bond acceptors (Lipinski definition) is 3. The lowest BCUT2D eigenvalue weighted by Crippen LogP contribution is -2.61. The average molecular weight is 238 g/mol. The Morgan fingerprint density at radius 2 is 2.18 bits per heavy atom. The van der Waals surface area contributed by atoms with Crippen molar-refractivity contribution < 1.29 is 13.9 Å². The van der Waals surface area contributed by atoms with E-state index in [0.717, 1.165) is 0 Å². The van der Waals surface area contributed by atoms with Gasteiger partial charge in [-0.15, -0.1) is 0 Å². The number of hydrogen-bond donors (Lipinski definition) is 2. The number of carbonyl (C=O) groups excluding carboxylic acids is 1. The van der Waals surface area contributed by atoms with Gasteiger partial charge in [0.2, 0.25) is 5.91 Å². The lowest BCUT2D eigenvalue weighted by atomic mass is 9.73. The van der Waals surface area contributed by atoms with Gasteiger partial charge in [-0.1, -0.05) is 12.1 Å². The van der Waals surface area contributed by atoms with Gasteiger partial charge in [-0.2, -0.15) is 0 Å². The minimum Gasteiger partial charge on any atom is -0.381 e. The average Bonchev–Trinajstić information content (AvgIpc) is 2.24. The molecule has 0 atom stereocenters. The molecule has 0 saturated heterocycles. The zero-order valence-electron chi connectivity index (χ0n) is 9.57. The predicted octanol–water partition coefficient (Wildman–Crippen LogP) is 1.27. The van der Waals surface area contributed by atoms with Gasteiger partial charge in [-0.25, -0.2) is 4.39 Å². The molecular weight excluding hydrogens is 223 g/mol. The van der Waals surface area contributed by atoms with Crippen molar-refractivity contribution >= 4 is 11.6 Å². The Morgan fingerprint density at radius 3 is 2.71 bits per heavy atom. The van der Waals surface area contributed by atoms with E-state index in [0.29, 0.717) is 18.5 Å². The van der Waals surface area contributed by atoms with Crippen LogP contribution in [0.4, 0.5) is 10.1 Å². The monoisotopic (exact) mass is 238 g/mol. The van der Waals surface area contributed by atoms with Crippen molar-refractivity contribution in [2.24, 2.45) is 5.73 Å². The Bertz CT molecular complexity index is 430. The zero-order valence-corrected chi connectivity index (χ0v) is 9.57. The molecule has 0 radical (unpaired) electrons. The number of carbonyl (C=O) groups is 1. The highest BCUT2D eigenvalue weighted by Gasteiger charge is 2.49. The zero-order chi connectivity index (χ0) is 12.5. The number of ether oxygens (including phenoxy) is 1. The second-order valence-corrected chi connectivity index (χ2v) is 4.32. The van der Waals surface area contributed by atoms with Gasteiger partial charge in [0.05, 0.1) is 11.8 Å². The van der Waals surface area contributed by atoms with Gasteiger partial charge >= 0.3 is 0 Å². The van der Waals surface area contributed by atoms with Crippen LogP contribution in [0.3, 0.4) is 0 Å². The Labute approximate surface area is 98.9 Å². The maximum absolute atomic E-state index is 13.5. The minimum atomic E-state index is -0.886. The summed E-state index contributed by atoms with van der Waals surface area (Å²) in [7, 11) is 1.58. The first kappa shape index (κ1) is 11.9. The van der Waals surface area contributed by atoms with Crippen LogP contribution in [0.1, 0.15) is 12.8 Å². The van der Waals surface area contributed by atoms with Crippen molar-refractivity contribution in [1.82, 2.24) is 0 Å². The highest BCUT2D eigenvalue weighted by atomic mass is 19.1. The van der Waals surface area contributed by atoms with Crippen molar-refractivity contribution in [3.8, 4) is 0 Å². The summed E-state index contributed by atoms with van der Waals surface area (Å²) in [6.07, 6.45) is 0.933. The van der Waals surface area contributed by atoms with Crippen molar-refractivity contribution in [2.75, 3.05) is 12.4 Å². The molecule has 0 heterocycles. The first-order chi connectivity index (χ1) is 8.07. The lowest BCUT2D eigenvalue weighted by molar-refractivity contribution is -0.130. The van der Waals surface area contributed by atoms with Crippen LogP contribution in [0.15, 0.2) is 24.3 Å². The Kier molecular flexibility index (Phi) is 3.02. The predicted molar refractivity (Wildman–Crippen MR) is 62.0 cm³/mol. The second-order valence-electron chi connectivity index (χ2n) is 4.32. The number of primary amides is 1. The summed E-state index contributed by atoms with van der Waals surface area (Å²) in [6, 6.07) is 6.21. The standard InChI is InChI=1S/C12H15FN2O2/c1-17-8-6-12(7-8,11(14)16)15-10-5-3-2-4-9(10)13/h2-5,8,15H,6-7H2,1H3,(H2,14,16). The molecule has 17 heavy (non-hydrogen) atoms. The van der Waals surface area contributed by atoms with Gasteiger partial charge in [0.25, 0.3) is 0 Å². The van der Waals surface area contributed by atoms with E-state index in [1.165, 1.54) is 6.07 Å². The van der Waals surface area contributed by atoms with Gasteiger partial charge in [0.15, 0.2) is 0 Å². The summed E-state index contributed by atoms with van der Waals surface area (Å²) in [6.45, 7) is 0. The van der Waals surface area contributed by atoms with Crippen LogP contribution in [0.25, 0.3) is 0 Å². The Hall–Kier alpha value is -1.62. The van der Waals surface area contributed by atoms with E-state index in [-0.39, 0.29) is 6.10 Å². The number of para-hydroxylation sites is 1. The number of methoxy groups -OCH3 is 1. The van der Waals surface area contributed by atoms with E-state index in [1.807, 2.05) is 0 Å². The fourth-order valence-corrected chi connectivity index (χ4v) is 2.07. The molecule has 0 unspecified atom stereocenters. The molecule has 1 amide bonds. The topological polar surface area (TPSA) is 64.3 Å². The van der Waals surface area contributed by atoms with Crippen molar-refractivity contribution in [3.05, 3.63) is 30.1 Å². The van der Waals surface area contributed by atoms with E-state index in [9.17, 15) is 9.18 Å². The number of nitrogens with one attached hydrogen (secondary N) is 1. The van der Waals surface area contributed by atoms with E-state index in [4.69, 9.17) is 10.5 Å². The molecule has 0 aliphatic heterocycles. The summed E-state index contributed by atoms with van der Waals surface area (Å²) in [5.74, 6) is -0.872. The van der Waals surface area contributed by atoms with Crippen LogP contribution >= 0.6 is 0 Å². The minimum absolute atomic E-state index is 0.00164. The molecule has 1 aliphatic carbocycles. The highest BCUT2D eigenvalue weighted by Crippen LogP contribution is 2.37. The second kappa shape index (κ2) is 4.33. The number of halogens is 1. The first-order valence-electron chi connectivity index (χ1n) is 5.43. The quantitative estimate of drug-likeness (QED) is 0.830. The number of rotatable bonds is 4. The number of nitrogens with two attached hydrogens (primary N) is 1. The van der Waals surface area contributed by atoms with E-state index < -0.39 is 17.3 Å². The number of anilines is 1. The first-order valence-corrected chi connectivity index (χ1v) is 5.43.